The maximum atomic E-state index is 9.55. The molecule has 4 N–H and O–H groups in total. The van der Waals surface area contributed by atoms with E-state index >= 15 is 0 Å². The third-order valence-electron chi connectivity index (χ3n) is 1.44. The molecule has 1 fully saturated rings. The average Bonchev–Trinajstić information content (AvgIpc) is 2.61. The first-order valence-corrected chi connectivity index (χ1v) is 5.26. The Labute approximate surface area is 96.6 Å². The molecule has 90 valence electrons. The summed E-state index contributed by atoms with van der Waals surface area (Å²) in [6, 6.07) is 0. The normalized spacial score (nSPS) is 14.8. The lowest BCUT2D eigenvalue weighted by molar-refractivity contribution is -0.134. The van der Waals surface area contributed by atoms with Crippen molar-refractivity contribution in [1.82, 2.24) is 10.4 Å². The van der Waals surface area contributed by atoms with Crippen LogP contribution in [0.4, 0.5) is 0 Å². The minimum atomic E-state index is -1.26. The molecule has 0 bridgehead atoms. The molecule has 1 saturated heterocycles. The van der Waals surface area contributed by atoms with Crippen LogP contribution in [0.15, 0.2) is 12.2 Å². The lowest BCUT2D eigenvalue weighted by atomic mass is 10.5. The van der Waals surface area contributed by atoms with Gasteiger partial charge in [0, 0.05) is 31.5 Å². The number of nitrogens with one attached hydrogen (secondary N) is 2. The SMILES string of the molecule is CNN1CCSC1=N.O=C(O)/C=C/C(=O)O. The maximum Gasteiger partial charge on any atom is 0.328 e. The van der Waals surface area contributed by atoms with Crippen molar-refractivity contribution < 1.29 is 19.8 Å². The molecule has 8 heteroatoms. The van der Waals surface area contributed by atoms with Crippen LogP contribution < -0.4 is 5.43 Å². The van der Waals surface area contributed by atoms with Gasteiger partial charge >= 0.3 is 11.9 Å². The van der Waals surface area contributed by atoms with E-state index in [1.54, 1.807) is 11.8 Å². The first-order chi connectivity index (χ1) is 7.47. The van der Waals surface area contributed by atoms with Crippen LogP contribution in [0.1, 0.15) is 0 Å². The highest BCUT2D eigenvalue weighted by molar-refractivity contribution is 8.14. The molecule has 7 nitrogen and oxygen atoms in total. The van der Waals surface area contributed by atoms with Crippen LogP contribution in [0, 0.1) is 5.41 Å². The number of hydrogen-bond acceptors (Lipinski definition) is 5. The van der Waals surface area contributed by atoms with E-state index in [2.05, 4.69) is 5.43 Å². The van der Waals surface area contributed by atoms with Crippen LogP contribution in [0.2, 0.25) is 0 Å². The van der Waals surface area contributed by atoms with Crippen LogP contribution >= 0.6 is 11.8 Å². The zero-order valence-corrected chi connectivity index (χ0v) is 9.45. The summed E-state index contributed by atoms with van der Waals surface area (Å²) >= 11 is 1.58. The molecular weight excluding hydrogens is 234 g/mol. The molecular formula is C8H13N3O4S. The molecule has 0 radical (unpaired) electrons. The smallest absolute Gasteiger partial charge is 0.328 e. The quantitative estimate of drug-likeness (QED) is 0.511. The number of carboxylic acid groups (broad SMARTS) is 2. The summed E-state index contributed by atoms with van der Waals surface area (Å²) in [4.78, 5) is 19.1. The van der Waals surface area contributed by atoms with Gasteiger partial charge in [0.05, 0.1) is 0 Å². The standard InChI is InChI=1S/C4H9N3S.C4H4O4/c1-6-7-2-3-8-4(7)5;5-3(6)1-2-4(7)8/h5-6H,2-3H2,1H3;1-2H,(H,5,6)(H,7,8)/b;2-1+. The number of nitrogens with zero attached hydrogens (tertiary/aromatic N) is 1. The predicted octanol–water partition coefficient (Wildman–Crippen LogP) is -0.184. The Hall–Kier alpha value is -1.54. The van der Waals surface area contributed by atoms with Gasteiger partial charge < -0.3 is 10.2 Å². The molecule has 1 aliphatic rings. The minimum absolute atomic E-state index is 0.558. The van der Waals surface area contributed by atoms with Crippen molar-refractivity contribution in [2.75, 3.05) is 19.3 Å². The van der Waals surface area contributed by atoms with Crippen molar-refractivity contribution in [2.45, 2.75) is 0 Å². The van der Waals surface area contributed by atoms with Gasteiger partial charge in [-0.15, -0.1) is 0 Å². The summed E-state index contributed by atoms with van der Waals surface area (Å²) in [5.41, 5.74) is 2.90. The van der Waals surface area contributed by atoms with E-state index in [0.717, 1.165) is 12.3 Å². The highest BCUT2D eigenvalue weighted by Crippen LogP contribution is 2.12. The van der Waals surface area contributed by atoms with E-state index in [0.29, 0.717) is 17.3 Å². The molecule has 0 saturated carbocycles. The van der Waals surface area contributed by atoms with Gasteiger partial charge in [-0.1, -0.05) is 11.8 Å². The Kier molecular flexibility index (Phi) is 6.97. The Morgan fingerprint density at radius 1 is 1.44 bits per heavy atom. The second-order valence-electron chi connectivity index (χ2n) is 2.54. The molecule has 0 unspecified atom stereocenters. The molecule has 0 atom stereocenters. The Balaban J connectivity index is 0.000000281. The largest absolute Gasteiger partial charge is 0.478 e. The number of aliphatic carboxylic acids is 2. The van der Waals surface area contributed by atoms with Gasteiger partial charge in [0.15, 0.2) is 5.17 Å². The number of carboxylic acids is 2. The lowest BCUT2D eigenvalue weighted by Crippen LogP contribution is -2.34. The molecule has 0 amide bonds. The second-order valence-corrected chi connectivity index (χ2v) is 3.62. The van der Waals surface area contributed by atoms with E-state index in [4.69, 9.17) is 15.6 Å². The number of thioether (sulfide) groups is 1. The second kappa shape index (κ2) is 7.71. The summed E-state index contributed by atoms with van der Waals surface area (Å²) in [6.45, 7) is 0.958. The fourth-order valence-electron chi connectivity index (χ4n) is 0.769. The Morgan fingerprint density at radius 2 is 1.94 bits per heavy atom. The number of rotatable bonds is 3. The molecule has 1 heterocycles. The zero-order valence-electron chi connectivity index (χ0n) is 8.64. The van der Waals surface area contributed by atoms with Crippen molar-refractivity contribution in [3.8, 4) is 0 Å². The third kappa shape index (κ3) is 6.85. The lowest BCUT2D eigenvalue weighted by Gasteiger charge is -2.12. The fourth-order valence-corrected chi connectivity index (χ4v) is 1.57. The van der Waals surface area contributed by atoms with Crippen molar-refractivity contribution in [2.24, 2.45) is 0 Å². The van der Waals surface area contributed by atoms with Crippen LogP contribution in [-0.2, 0) is 9.59 Å². The first-order valence-electron chi connectivity index (χ1n) is 4.27. The molecule has 1 aliphatic heterocycles. The van der Waals surface area contributed by atoms with Crippen molar-refractivity contribution in [1.29, 1.82) is 5.41 Å². The van der Waals surface area contributed by atoms with Crippen LogP contribution in [0.5, 0.6) is 0 Å². The van der Waals surface area contributed by atoms with Crippen molar-refractivity contribution in [3.05, 3.63) is 12.2 Å². The van der Waals surface area contributed by atoms with Crippen molar-refractivity contribution >= 4 is 28.9 Å². The monoisotopic (exact) mass is 247 g/mol. The minimum Gasteiger partial charge on any atom is -0.478 e. The van der Waals surface area contributed by atoms with E-state index in [-0.39, 0.29) is 0 Å². The van der Waals surface area contributed by atoms with Gasteiger partial charge in [0.25, 0.3) is 0 Å². The van der Waals surface area contributed by atoms with E-state index < -0.39 is 11.9 Å². The molecule has 1 rings (SSSR count). The van der Waals surface area contributed by atoms with Crippen LogP contribution in [0.3, 0.4) is 0 Å². The topological polar surface area (TPSA) is 114 Å². The van der Waals surface area contributed by atoms with Gasteiger partial charge in [-0.25, -0.2) is 15.0 Å². The Bertz CT molecular complexity index is 290. The van der Waals surface area contributed by atoms with Crippen LogP contribution in [0.25, 0.3) is 0 Å². The van der Waals surface area contributed by atoms with Gasteiger partial charge in [-0.3, -0.25) is 10.4 Å². The predicted molar refractivity (Wildman–Crippen MR) is 60.4 cm³/mol. The third-order valence-corrected chi connectivity index (χ3v) is 2.32. The maximum absolute atomic E-state index is 9.55. The zero-order chi connectivity index (χ0) is 12.6. The number of carbonyl (C=O) groups is 2. The summed E-state index contributed by atoms with van der Waals surface area (Å²) in [7, 11) is 1.83. The van der Waals surface area contributed by atoms with Gasteiger partial charge in [-0.05, 0) is 0 Å². The highest BCUT2D eigenvalue weighted by Gasteiger charge is 2.14. The van der Waals surface area contributed by atoms with Gasteiger partial charge in [0.2, 0.25) is 0 Å². The molecule has 0 aromatic rings. The molecule has 0 aromatic carbocycles. The van der Waals surface area contributed by atoms with E-state index in [1.165, 1.54) is 0 Å². The summed E-state index contributed by atoms with van der Waals surface area (Å²) in [5.74, 6) is -1.47. The van der Waals surface area contributed by atoms with Crippen molar-refractivity contribution in [3.63, 3.8) is 0 Å². The number of hydrazine groups is 1. The molecule has 0 aromatic heterocycles. The van der Waals surface area contributed by atoms with Gasteiger partial charge in [0.1, 0.15) is 0 Å². The summed E-state index contributed by atoms with van der Waals surface area (Å²) in [6.07, 6.45) is 1.12. The first kappa shape index (κ1) is 14.5. The van der Waals surface area contributed by atoms with E-state index in [1.807, 2.05) is 12.1 Å². The molecule has 0 spiro atoms. The molecule has 16 heavy (non-hydrogen) atoms. The number of amidine groups is 1. The average molecular weight is 247 g/mol. The summed E-state index contributed by atoms with van der Waals surface area (Å²) in [5, 5.41) is 25.3. The molecule has 0 aliphatic carbocycles. The number of hydrogen-bond donors (Lipinski definition) is 4. The van der Waals surface area contributed by atoms with Crippen LogP contribution in [-0.4, -0.2) is 51.7 Å². The Morgan fingerprint density at radius 3 is 2.12 bits per heavy atom. The highest BCUT2D eigenvalue weighted by atomic mass is 32.2. The fraction of sp³-hybridized carbons (Fsp3) is 0.375. The van der Waals surface area contributed by atoms with Gasteiger partial charge in [-0.2, -0.15) is 0 Å². The summed E-state index contributed by atoms with van der Waals surface area (Å²) < 4.78 is 0. The van der Waals surface area contributed by atoms with E-state index in [9.17, 15) is 9.59 Å².